The molecule has 3 nitrogen and oxygen atoms in total. The fourth-order valence-corrected chi connectivity index (χ4v) is 3.65. The molecule has 0 bridgehead atoms. The van der Waals surface area contributed by atoms with E-state index in [9.17, 15) is 5.26 Å². The van der Waals surface area contributed by atoms with Gasteiger partial charge in [-0.05, 0) is 23.8 Å². The van der Waals surface area contributed by atoms with E-state index in [0.717, 1.165) is 36.8 Å². The lowest BCUT2D eigenvalue weighted by Crippen LogP contribution is -3.10. The zero-order valence-electron chi connectivity index (χ0n) is 14.9. The largest absolute Gasteiger partial charge is 0.342 e. The van der Waals surface area contributed by atoms with E-state index < -0.39 is 0 Å². The standard InChI is InChI=1S/C23H23N3/c24-15-20-9-4-5-10-21(20)17-26(22-12-13-22)18-23-11-6-14-25(23)16-19-7-2-1-3-8-19/h1-11,14,22H,12-13,16-18H2/p+1. The third-order valence-corrected chi connectivity index (χ3v) is 5.24. The number of rotatable bonds is 7. The van der Waals surface area contributed by atoms with Gasteiger partial charge < -0.3 is 9.47 Å². The number of aromatic nitrogens is 1. The molecule has 2 aromatic carbocycles. The topological polar surface area (TPSA) is 33.2 Å². The number of benzene rings is 2. The first-order valence-corrected chi connectivity index (χ1v) is 9.34. The van der Waals surface area contributed by atoms with E-state index in [1.165, 1.54) is 24.1 Å². The van der Waals surface area contributed by atoms with Crippen LogP contribution in [0.15, 0.2) is 72.9 Å². The molecule has 3 aromatic rings. The Hall–Kier alpha value is -2.83. The average Bonchev–Trinajstić information content (AvgIpc) is 3.44. The van der Waals surface area contributed by atoms with Gasteiger partial charge in [0.15, 0.2) is 0 Å². The van der Waals surface area contributed by atoms with Crippen LogP contribution in [0.25, 0.3) is 0 Å². The summed E-state index contributed by atoms with van der Waals surface area (Å²) in [4.78, 5) is 1.57. The minimum absolute atomic E-state index is 0.724. The molecule has 1 saturated carbocycles. The molecular formula is C23H24N3+. The number of quaternary nitrogens is 1. The van der Waals surface area contributed by atoms with Crippen molar-refractivity contribution in [3.63, 3.8) is 0 Å². The van der Waals surface area contributed by atoms with Gasteiger partial charge in [0.1, 0.15) is 13.1 Å². The zero-order valence-corrected chi connectivity index (χ0v) is 14.9. The first kappa shape index (κ1) is 16.6. The molecule has 4 rings (SSSR count). The van der Waals surface area contributed by atoms with Gasteiger partial charge in [-0.2, -0.15) is 5.26 Å². The summed E-state index contributed by atoms with van der Waals surface area (Å²) in [5, 5.41) is 9.39. The monoisotopic (exact) mass is 342 g/mol. The molecule has 3 heteroatoms. The minimum atomic E-state index is 0.724. The van der Waals surface area contributed by atoms with Gasteiger partial charge >= 0.3 is 0 Å². The van der Waals surface area contributed by atoms with Crippen LogP contribution in [0.2, 0.25) is 0 Å². The Morgan fingerprint density at radius 1 is 0.923 bits per heavy atom. The van der Waals surface area contributed by atoms with Gasteiger partial charge in [0, 0.05) is 31.1 Å². The van der Waals surface area contributed by atoms with Gasteiger partial charge in [-0.3, -0.25) is 0 Å². The van der Waals surface area contributed by atoms with Crippen LogP contribution in [0, 0.1) is 11.3 Å². The summed E-state index contributed by atoms with van der Waals surface area (Å²) >= 11 is 0. The summed E-state index contributed by atoms with van der Waals surface area (Å²) in [7, 11) is 0. The first-order valence-electron chi connectivity index (χ1n) is 9.34. The molecule has 0 saturated heterocycles. The molecule has 1 aromatic heterocycles. The van der Waals surface area contributed by atoms with Crippen molar-refractivity contribution < 1.29 is 4.90 Å². The van der Waals surface area contributed by atoms with Crippen LogP contribution >= 0.6 is 0 Å². The maximum atomic E-state index is 9.39. The van der Waals surface area contributed by atoms with Gasteiger partial charge in [-0.1, -0.05) is 48.5 Å². The highest BCUT2D eigenvalue weighted by atomic mass is 15.2. The van der Waals surface area contributed by atoms with E-state index in [-0.39, 0.29) is 0 Å². The molecule has 0 aliphatic heterocycles. The molecular weight excluding hydrogens is 318 g/mol. The van der Waals surface area contributed by atoms with Gasteiger partial charge in [0.25, 0.3) is 0 Å². The highest BCUT2D eigenvalue weighted by molar-refractivity contribution is 5.36. The van der Waals surface area contributed by atoms with Crippen molar-refractivity contribution in [3.05, 3.63) is 95.3 Å². The van der Waals surface area contributed by atoms with Crippen molar-refractivity contribution in [2.24, 2.45) is 0 Å². The SMILES string of the molecule is N#Cc1ccccc1C[NH+](Cc1cccn1Cc1ccccc1)C1CC1. The van der Waals surface area contributed by atoms with Crippen LogP contribution in [0.5, 0.6) is 0 Å². The number of nitrogens with zero attached hydrogens (tertiary/aromatic N) is 2. The fraction of sp³-hybridized carbons (Fsp3) is 0.261. The molecule has 0 spiro atoms. The quantitative estimate of drug-likeness (QED) is 0.703. The maximum Gasteiger partial charge on any atom is 0.118 e. The number of hydrogen-bond acceptors (Lipinski definition) is 1. The highest BCUT2D eigenvalue weighted by Gasteiger charge is 2.34. The Balaban J connectivity index is 1.51. The Morgan fingerprint density at radius 3 is 2.46 bits per heavy atom. The lowest BCUT2D eigenvalue weighted by atomic mass is 10.1. The summed E-state index contributed by atoms with van der Waals surface area (Å²) in [5.74, 6) is 0. The Kier molecular flexibility index (Phi) is 4.86. The number of nitrogens with one attached hydrogen (secondary N) is 1. The smallest absolute Gasteiger partial charge is 0.118 e. The van der Waals surface area contributed by atoms with Crippen molar-refractivity contribution in [2.75, 3.05) is 0 Å². The second-order valence-corrected chi connectivity index (χ2v) is 7.17. The summed E-state index contributed by atoms with van der Waals surface area (Å²) in [6, 6.07) is 26.1. The van der Waals surface area contributed by atoms with E-state index in [2.05, 4.69) is 65.4 Å². The minimum Gasteiger partial charge on any atom is -0.342 e. The zero-order chi connectivity index (χ0) is 17.8. The molecule has 1 unspecified atom stereocenters. The van der Waals surface area contributed by atoms with Crippen molar-refractivity contribution in [1.82, 2.24) is 4.57 Å². The van der Waals surface area contributed by atoms with E-state index >= 15 is 0 Å². The molecule has 1 atom stereocenters. The summed E-state index contributed by atoms with van der Waals surface area (Å²) in [6.07, 6.45) is 4.77. The fourth-order valence-electron chi connectivity index (χ4n) is 3.65. The van der Waals surface area contributed by atoms with E-state index in [1.807, 2.05) is 18.2 Å². The van der Waals surface area contributed by atoms with E-state index in [4.69, 9.17) is 0 Å². The van der Waals surface area contributed by atoms with Crippen LogP contribution in [0.4, 0.5) is 0 Å². The second-order valence-electron chi connectivity index (χ2n) is 7.17. The van der Waals surface area contributed by atoms with Crippen LogP contribution in [0.3, 0.4) is 0 Å². The van der Waals surface area contributed by atoms with Crippen molar-refractivity contribution in [2.45, 2.75) is 38.5 Å². The van der Waals surface area contributed by atoms with Gasteiger partial charge in [0.05, 0.1) is 23.4 Å². The predicted molar refractivity (Wildman–Crippen MR) is 103 cm³/mol. The van der Waals surface area contributed by atoms with Gasteiger partial charge in [0.2, 0.25) is 0 Å². The Morgan fingerprint density at radius 2 is 1.69 bits per heavy atom. The molecule has 130 valence electrons. The highest BCUT2D eigenvalue weighted by Crippen LogP contribution is 2.18. The van der Waals surface area contributed by atoms with Gasteiger partial charge in [-0.15, -0.1) is 0 Å². The van der Waals surface area contributed by atoms with Crippen molar-refractivity contribution in [3.8, 4) is 6.07 Å². The van der Waals surface area contributed by atoms with Crippen molar-refractivity contribution in [1.29, 1.82) is 5.26 Å². The van der Waals surface area contributed by atoms with Crippen LogP contribution < -0.4 is 4.90 Å². The molecule has 0 radical (unpaired) electrons. The van der Waals surface area contributed by atoms with Crippen molar-refractivity contribution >= 4 is 0 Å². The number of nitriles is 1. The molecule has 1 aliphatic carbocycles. The van der Waals surface area contributed by atoms with E-state index in [1.54, 1.807) is 4.90 Å². The summed E-state index contributed by atoms with van der Waals surface area (Å²) < 4.78 is 2.36. The molecule has 1 heterocycles. The molecule has 0 amide bonds. The first-order chi connectivity index (χ1) is 12.8. The second kappa shape index (κ2) is 7.59. The third-order valence-electron chi connectivity index (χ3n) is 5.24. The molecule has 1 N–H and O–H groups in total. The molecule has 1 fully saturated rings. The van der Waals surface area contributed by atoms with E-state index in [0.29, 0.717) is 0 Å². The normalized spacial score (nSPS) is 14.7. The lowest BCUT2D eigenvalue weighted by molar-refractivity contribution is -0.938. The predicted octanol–water partition coefficient (Wildman–Crippen LogP) is 3.16. The summed E-state index contributed by atoms with van der Waals surface area (Å²) in [5.41, 5.74) is 4.67. The molecule has 26 heavy (non-hydrogen) atoms. The Labute approximate surface area is 155 Å². The molecule has 1 aliphatic rings. The third kappa shape index (κ3) is 3.87. The maximum absolute atomic E-state index is 9.39. The number of hydrogen-bond donors (Lipinski definition) is 1. The Bertz CT molecular complexity index is 900. The van der Waals surface area contributed by atoms with Crippen LogP contribution in [0.1, 0.15) is 35.2 Å². The van der Waals surface area contributed by atoms with Crippen LogP contribution in [-0.2, 0) is 19.6 Å². The lowest BCUT2D eigenvalue weighted by Gasteiger charge is -2.21. The summed E-state index contributed by atoms with van der Waals surface area (Å²) in [6.45, 7) is 2.84. The average molecular weight is 342 g/mol. The van der Waals surface area contributed by atoms with Gasteiger partial charge in [-0.25, -0.2) is 0 Å². The van der Waals surface area contributed by atoms with Crippen LogP contribution in [-0.4, -0.2) is 10.6 Å².